The molecule has 0 unspecified atom stereocenters. The molecule has 0 bridgehead atoms. The lowest BCUT2D eigenvalue weighted by molar-refractivity contribution is -0.137. The van der Waals surface area contributed by atoms with Gasteiger partial charge in [0.05, 0.1) is 11.3 Å². The molecule has 0 amide bonds. The Labute approximate surface area is 125 Å². The highest BCUT2D eigenvalue weighted by molar-refractivity contribution is 7.14. The first-order valence-corrected chi connectivity index (χ1v) is 7.81. The molecular weight excluding hydrogens is 297 g/mol. The molecule has 1 aromatic heterocycles. The third kappa shape index (κ3) is 3.05. The minimum atomic E-state index is -4.36. The number of nitrogens with zero attached hydrogens (tertiary/aromatic N) is 2. The molecule has 0 radical (unpaired) electrons. The standard InChI is InChI=1S/C15H15F3N2S/c16-15(17,18)12-7-3-2-6-11(12)13-10-21-14(19-13)20-8-4-1-5-9-20/h2-3,6-7,10H,1,4-5,8-9H2. The van der Waals surface area contributed by atoms with Crippen LogP contribution in [0.1, 0.15) is 24.8 Å². The third-order valence-electron chi connectivity index (χ3n) is 3.63. The van der Waals surface area contributed by atoms with Gasteiger partial charge in [0.2, 0.25) is 0 Å². The van der Waals surface area contributed by atoms with E-state index in [-0.39, 0.29) is 5.56 Å². The van der Waals surface area contributed by atoms with Crippen LogP contribution in [0, 0.1) is 0 Å². The highest BCUT2D eigenvalue weighted by atomic mass is 32.1. The van der Waals surface area contributed by atoms with E-state index >= 15 is 0 Å². The molecule has 21 heavy (non-hydrogen) atoms. The number of hydrogen-bond donors (Lipinski definition) is 0. The van der Waals surface area contributed by atoms with Crippen molar-refractivity contribution in [3.05, 3.63) is 35.2 Å². The molecular formula is C15H15F3N2S. The van der Waals surface area contributed by atoms with Crippen LogP contribution >= 0.6 is 11.3 Å². The van der Waals surface area contributed by atoms with Crippen molar-refractivity contribution in [2.45, 2.75) is 25.4 Å². The Balaban J connectivity index is 1.93. The van der Waals surface area contributed by atoms with Crippen LogP contribution in [0.3, 0.4) is 0 Å². The molecule has 2 aromatic rings. The summed E-state index contributed by atoms with van der Waals surface area (Å²) in [5.41, 5.74) is -0.0569. The second kappa shape index (κ2) is 5.67. The van der Waals surface area contributed by atoms with E-state index in [0.29, 0.717) is 5.69 Å². The molecule has 1 saturated heterocycles. The molecule has 0 saturated carbocycles. The molecule has 0 N–H and O–H groups in total. The second-order valence-electron chi connectivity index (χ2n) is 5.11. The molecule has 2 heterocycles. The van der Waals surface area contributed by atoms with Crippen LogP contribution in [0.4, 0.5) is 18.3 Å². The Bertz CT molecular complexity index is 615. The Hall–Kier alpha value is -1.56. The van der Waals surface area contributed by atoms with E-state index in [1.54, 1.807) is 11.4 Å². The van der Waals surface area contributed by atoms with Crippen molar-refractivity contribution in [1.82, 2.24) is 4.98 Å². The zero-order valence-corrected chi connectivity index (χ0v) is 12.2. The number of anilines is 1. The first-order valence-electron chi connectivity index (χ1n) is 6.93. The number of aromatic nitrogens is 1. The van der Waals surface area contributed by atoms with E-state index < -0.39 is 11.7 Å². The number of thiazole rings is 1. The second-order valence-corrected chi connectivity index (χ2v) is 5.94. The van der Waals surface area contributed by atoms with E-state index in [1.165, 1.54) is 29.9 Å². The molecule has 0 atom stereocenters. The predicted molar refractivity (Wildman–Crippen MR) is 78.6 cm³/mol. The minimum Gasteiger partial charge on any atom is -0.348 e. The van der Waals surface area contributed by atoms with Crippen LogP contribution < -0.4 is 4.90 Å². The average Bonchev–Trinajstić information content (AvgIpc) is 2.97. The molecule has 1 aliphatic rings. The van der Waals surface area contributed by atoms with Crippen LogP contribution in [0.2, 0.25) is 0 Å². The number of benzene rings is 1. The van der Waals surface area contributed by atoms with Gasteiger partial charge in [0, 0.05) is 24.0 Å². The van der Waals surface area contributed by atoms with Crippen LogP contribution in [0.15, 0.2) is 29.6 Å². The summed E-state index contributed by atoms with van der Waals surface area (Å²) in [7, 11) is 0. The maximum absolute atomic E-state index is 13.1. The van der Waals surface area contributed by atoms with Gasteiger partial charge in [-0.25, -0.2) is 4.98 Å². The van der Waals surface area contributed by atoms with E-state index in [2.05, 4.69) is 9.88 Å². The van der Waals surface area contributed by atoms with Crippen LogP contribution in [0.5, 0.6) is 0 Å². The van der Waals surface area contributed by atoms with E-state index in [9.17, 15) is 13.2 Å². The molecule has 1 aromatic carbocycles. The van der Waals surface area contributed by atoms with Gasteiger partial charge < -0.3 is 4.90 Å². The quantitative estimate of drug-likeness (QED) is 0.790. The number of piperidine rings is 1. The van der Waals surface area contributed by atoms with Crippen molar-refractivity contribution in [2.24, 2.45) is 0 Å². The lowest BCUT2D eigenvalue weighted by Crippen LogP contribution is -2.29. The summed E-state index contributed by atoms with van der Waals surface area (Å²) in [5.74, 6) is 0. The maximum Gasteiger partial charge on any atom is 0.417 e. The maximum atomic E-state index is 13.1. The SMILES string of the molecule is FC(F)(F)c1ccccc1-c1csc(N2CCCCC2)n1. The molecule has 0 spiro atoms. The van der Waals surface area contributed by atoms with Crippen molar-refractivity contribution < 1.29 is 13.2 Å². The highest BCUT2D eigenvalue weighted by Crippen LogP contribution is 2.38. The number of alkyl halides is 3. The summed E-state index contributed by atoms with van der Waals surface area (Å²) >= 11 is 1.42. The van der Waals surface area contributed by atoms with Crippen molar-refractivity contribution in [1.29, 1.82) is 0 Å². The van der Waals surface area contributed by atoms with Gasteiger partial charge in [-0.15, -0.1) is 11.3 Å². The van der Waals surface area contributed by atoms with Crippen LogP contribution in [-0.4, -0.2) is 18.1 Å². The molecule has 2 nitrogen and oxygen atoms in total. The molecule has 1 aliphatic heterocycles. The van der Waals surface area contributed by atoms with Gasteiger partial charge in [0.15, 0.2) is 5.13 Å². The summed E-state index contributed by atoms with van der Waals surface area (Å²) in [6.07, 6.45) is -0.904. The van der Waals surface area contributed by atoms with E-state index in [4.69, 9.17) is 0 Å². The Kier molecular flexibility index (Phi) is 3.89. The van der Waals surface area contributed by atoms with E-state index in [1.807, 2.05) is 0 Å². The van der Waals surface area contributed by atoms with Crippen LogP contribution in [0.25, 0.3) is 11.3 Å². The number of rotatable bonds is 2. The summed E-state index contributed by atoms with van der Waals surface area (Å²) < 4.78 is 39.2. The zero-order valence-electron chi connectivity index (χ0n) is 11.4. The normalized spacial score (nSPS) is 16.2. The van der Waals surface area contributed by atoms with Gasteiger partial charge in [0.25, 0.3) is 0 Å². The molecule has 112 valence electrons. The Morgan fingerprint density at radius 1 is 1.05 bits per heavy atom. The third-order valence-corrected chi connectivity index (χ3v) is 4.53. The summed E-state index contributed by atoms with van der Waals surface area (Å²) in [4.78, 5) is 6.58. The van der Waals surface area contributed by atoms with Crippen molar-refractivity contribution in [3.63, 3.8) is 0 Å². The number of halogens is 3. The Morgan fingerprint density at radius 3 is 2.48 bits per heavy atom. The minimum absolute atomic E-state index is 0.157. The van der Waals surface area contributed by atoms with Crippen LogP contribution in [-0.2, 0) is 6.18 Å². The van der Waals surface area contributed by atoms with Gasteiger partial charge in [-0.05, 0) is 25.3 Å². The van der Waals surface area contributed by atoms with E-state index in [0.717, 1.165) is 37.1 Å². The Morgan fingerprint density at radius 2 is 1.76 bits per heavy atom. The molecule has 3 rings (SSSR count). The highest BCUT2D eigenvalue weighted by Gasteiger charge is 2.34. The lowest BCUT2D eigenvalue weighted by Gasteiger charge is -2.25. The fourth-order valence-electron chi connectivity index (χ4n) is 2.57. The first-order chi connectivity index (χ1) is 10.1. The summed E-state index contributed by atoms with van der Waals surface area (Å²) in [6.45, 7) is 1.88. The molecule has 1 fully saturated rings. The largest absolute Gasteiger partial charge is 0.417 e. The fourth-order valence-corrected chi connectivity index (χ4v) is 3.45. The van der Waals surface area contributed by atoms with Gasteiger partial charge in [-0.2, -0.15) is 13.2 Å². The fraction of sp³-hybridized carbons (Fsp3) is 0.400. The topological polar surface area (TPSA) is 16.1 Å². The smallest absolute Gasteiger partial charge is 0.348 e. The van der Waals surface area contributed by atoms with Gasteiger partial charge in [-0.3, -0.25) is 0 Å². The molecule has 0 aliphatic carbocycles. The number of hydrogen-bond acceptors (Lipinski definition) is 3. The monoisotopic (exact) mass is 312 g/mol. The molecule has 6 heteroatoms. The van der Waals surface area contributed by atoms with Crippen molar-refractivity contribution >= 4 is 16.5 Å². The summed E-state index contributed by atoms with van der Waals surface area (Å²) in [5, 5.41) is 2.54. The van der Waals surface area contributed by atoms with Crippen molar-refractivity contribution in [3.8, 4) is 11.3 Å². The van der Waals surface area contributed by atoms with Gasteiger partial charge >= 0.3 is 6.18 Å². The average molecular weight is 312 g/mol. The lowest BCUT2D eigenvalue weighted by atomic mass is 10.1. The zero-order chi connectivity index (χ0) is 14.9. The van der Waals surface area contributed by atoms with Gasteiger partial charge in [0.1, 0.15) is 0 Å². The van der Waals surface area contributed by atoms with Gasteiger partial charge in [-0.1, -0.05) is 18.2 Å². The van der Waals surface area contributed by atoms with Crippen molar-refractivity contribution in [2.75, 3.05) is 18.0 Å². The summed E-state index contributed by atoms with van der Waals surface area (Å²) in [6, 6.07) is 5.61. The predicted octanol–water partition coefficient (Wildman–Crippen LogP) is 4.82. The first kappa shape index (κ1) is 14.4.